The number of rotatable bonds is 4. The van der Waals surface area contributed by atoms with Crippen molar-refractivity contribution in [2.75, 3.05) is 19.5 Å². The zero-order chi connectivity index (χ0) is 15.4. The molecule has 21 heavy (non-hydrogen) atoms. The largest absolute Gasteiger partial charge is 0.493 e. The predicted molar refractivity (Wildman–Crippen MR) is 91.4 cm³/mol. The van der Waals surface area contributed by atoms with Crippen LogP contribution in [0.4, 0.5) is 5.69 Å². The van der Waals surface area contributed by atoms with Crippen molar-refractivity contribution in [3.63, 3.8) is 0 Å². The summed E-state index contributed by atoms with van der Waals surface area (Å²) in [5, 5.41) is 2.87. The van der Waals surface area contributed by atoms with Gasteiger partial charge in [0.05, 0.1) is 14.2 Å². The summed E-state index contributed by atoms with van der Waals surface area (Å²) in [6.45, 7) is 2.03. The summed E-state index contributed by atoms with van der Waals surface area (Å²) in [4.78, 5) is 12.3. The average Bonchev–Trinajstić information content (AvgIpc) is 2.50. The van der Waals surface area contributed by atoms with Crippen LogP contribution in [0.1, 0.15) is 15.9 Å². The van der Waals surface area contributed by atoms with Gasteiger partial charge in [0, 0.05) is 14.8 Å². The summed E-state index contributed by atoms with van der Waals surface area (Å²) < 4.78 is 11.5. The smallest absolute Gasteiger partial charge is 0.255 e. The molecule has 2 aromatic rings. The van der Waals surface area contributed by atoms with Crippen LogP contribution in [0.25, 0.3) is 0 Å². The summed E-state index contributed by atoms with van der Waals surface area (Å²) >= 11 is 2.24. The number of methoxy groups -OCH3 is 2. The van der Waals surface area contributed by atoms with Crippen LogP contribution in [0, 0.1) is 10.5 Å². The fourth-order valence-electron chi connectivity index (χ4n) is 1.85. The molecule has 110 valence electrons. The van der Waals surface area contributed by atoms with Crippen molar-refractivity contribution in [2.45, 2.75) is 6.92 Å². The molecule has 5 heteroatoms. The van der Waals surface area contributed by atoms with Gasteiger partial charge in [-0.3, -0.25) is 4.79 Å². The third-order valence-corrected chi connectivity index (χ3v) is 4.24. The fraction of sp³-hybridized carbons (Fsp3) is 0.188. The van der Waals surface area contributed by atoms with Crippen LogP contribution in [0.3, 0.4) is 0 Å². The normalized spacial score (nSPS) is 10.1. The second kappa shape index (κ2) is 6.80. The Morgan fingerprint density at radius 1 is 1.05 bits per heavy atom. The van der Waals surface area contributed by atoms with Gasteiger partial charge in [0.1, 0.15) is 0 Å². The fourth-order valence-corrected chi connectivity index (χ4v) is 2.37. The molecule has 0 atom stereocenters. The van der Waals surface area contributed by atoms with Crippen molar-refractivity contribution in [3.05, 3.63) is 51.1 Å². The standard InChI is InChI=1S/C16H16INO3/c1-10-4-6-12(9-13(10)17)18-16(19)11-5-7-14(20-2)15(8-11)21-3/h4-9H,1-3H3,(H,18,19). The molecule has 2 aromatic carbocycles. The molecule has 4 nitrogen and oxygen atoms in total. The van der Waals surface area contributed by atoms with E-state index < -0.39 is 0 Å². The minimum absolute atomic E-state index is 0.185. The van der Waals surface area contributed by atoms with Crippen LogP contribution in [-0.2, 0) is 0 Å². The first-order valence-corrected chi connectivity index (χ1v) is 7.42. The van der Waals surface area contributed by atoms with Crippen LogP contribution in [-0.4, -0.2) is 20.1 Å². The highest BCUT2D eigenvalue weighted by Gasteiger charge is 2.11. The van der Waals surface area contributed by atoms with Crippen molar-refractivity contribution in [2.24, 2.45) is 0 Å². The highest BCUT2D eigenvalue weighted by molar-refractivity contribution is 14.1. The van der Waals surface area contributed by atoms with Crippen LogP contribution < -0.4 is 14.8 Å². The SMILES string of the molecule is COc1ccc(C(=O)Nc2ccc(C)c(I)c2)cc1OC. The number of halogens is 1. The van der Waals surface area contributed by atoms with Gasteiger partial charge in [0.25, 0.3) is 5.91 Å². The lowest BCUT2D eigenvalue weighted by Gasteiger charge is -2.10. The molecule has 1 amide bonds. The molecule has 0 aliphatic carbocycles. The zero-order valence-electron chi connectivity index (χ0n) is 12.1. The molecular formula is C16H16INO3. The summed E-state index contributed by atoms with van der Waals surface area (Å²) in [7, 11) is 3.10. The van der Waals surface area contributed by atoms with E-state index in [0.717, 1.165) is 9.26 Å². The number of benzene rings is 2. The average molecular weight is 397 g/mol. The molecule has 0 unspecified atom stereocenters. The minimum atomic E-state index is -0.185. The van der Waals surface area contributed by atoms with E-state index in [1.807, 2.05) is 25.1 Å². The molecule has 0 saturated heterocycles. The number of ether oxygens (including phenoxy) is 2. The first kappa shape index (κ1) is 15.6. The van der Waals surface area contributed by atoms with Crippen LogP contribution >= 0.6 is 22.6 Å². The van der Waals surface area contributed by atoms with E-state index in [0.29, 0.717) is 17.1 Å². The highest BCUT2D eigenvalue weighted by atomic mass is 127. The second-order valence-electron chi connectivity index (χ2n) is 4.49. The summed E-state index contributed by atoms with van der Waals surface area (Å²) in [5.41, 5.74) is 2.47. The van der Waals surface area contributed by atoms with Gasteiger partial charge in [-0.2, -0.15) is 0 Å². The second-order valence-corrected chi connectivity index (χ2v) is 5.65. The van der Waals surface area contributed by atoms with E-state index in [2.05, 4.69) is 27.9 Å². The Balaban J connectivity index is 2.21. The molecule has 2 rings (SSSR count). The lowest BCUT2D eigenvalue weighted by atomic mass is 10.1. The molecular weight excluding hydrogens is 381 g/mol. The van der Waals surface area contributed by atoms with Gasteiger partial charge in [0.2, 0.25) is 0 Å². The number of hydrogen-bond acceptors (Lipinski definition) is 3. The number of nitrogens with one attached hydrogen (secondary N) is 1. The van der Waals surface area contributed by atoms with E-state index in [1.165, 1.54) is 5.56 Å². The summed E-state index contributed by atoms with van der Waals surface area (Å²) in [6, 6.07) is 10.9. The molecule has 0 fully saturated rings. The van der Waals surface area contributed by atoms with E-state index in [9.17, 15) is 4.79 Å². The quantitative estimate of drug-likeness (QED) is 0.797. The topological polar surface area (TPSA) is 47.6 Å². The van der Waals surface area contributed by atoms with E-state index in [1.54, 1.807) is 32.4 Å². The van der Waals surface area contributed by atoms with Gasteiger partial charge in [-0.15, -0.1) is 0 Å². The number of anilines is 1. The van der Waals surface area contributed by atoms with Crippen LogP contribution in [0.5, 0.6) is 11.5 Å². The predicted octanol–water partition coefficient (Wildman–Crippen LogP) is 3.87. The Morgan fingerprint density at radius 3 is 2.38 bits per heavy atom. The third kappa shape index (κ3) is 3.66. The molecule has 0 aromatic heterocycles. The number of aryl methyl sites for hydroxylation is 1. The van der Waals surface area contributed by atoms with Crippen molar-refractivity contribution < 1.29 is 14.3 Å². The van der Waals surface area contributed by atoms with Crippen LogP contribution in [0.15, 0.2) is 36.4 Å². The molecule has 0 radical (unpaired) electrons. The van der Waals surface area contributed by atoms with Gasteiger partial charge >= 0.3 is 0 Å². The lowest BCUT2D eigenvalue weighted by molar-refractivity contribution is 0.102. The van der Waals surface area contributed by atoms with Gasteiger partial charge in [0.15, 0.2) is 11.5 Å². The Hall–Kier alpha value is -1.76. The van der Waals surface area contributed by atoms with Crippen molar-refractivity contribution in [3.8, 4) is 11.5 Å². The molecule has 0 heterocycles. The molecule has 0 saturated carbocycles. The van der Waals surface area contributed by atoms with E-state index >= 15 is 0 Å². The molecule has 1 N–H and O–H groups in total. The van der Waals surface area contributed by atoms with Gasteiger partial charge in [-0.05, 0) is 65.4 Å². The Morgan fingerprint density at radius 2 is 1.76 bits per heavy atom. The highest BCUT2D eigenvalue weighted by Crippen LogP contribution is 2.28. The molecule has 0 spiro atoms. The van der Waals surface area contributed by atoms with Crippen molar-refractivity contribution in [1.82, 2.24) is 0 Å². The minimum Gasteiger partial charge on any atom is -0.493 e. The van der Waals surface area contributed by atoms with Gasteiger partial charge in [-0.25, -0.2) is 0 Å². The molecule has 0 bridgehead atoms. The molecule has 0 aliphatic rings. The number of carbonyl (C=O) groups is 1. The number of carbonyl (C=O) groups excluding carboxylic acids is 1. The maximum Gasteiger partial charge on any atom is 0.255 e. The third-order valence-electron chi connectivity index (χ3n) is 3.08. The Labute approximate surface area is 137 Å². The summed E-state index contributed by atoms with van der Waals surface area (Å²) in [5.74, 6) is 0.943. The van der Waals surface area contributed by atoms with Gasteiger partial charge < -0.3 is 14.8 Å². The van der Waals surface area contributed by atoms with Gasteiger partial charge in [-0.1, -0.05) is 6.07 Å². The maximum absolute atomic E-state index is 12.3. The number of hydrogen-bond donors (Lipinski definition) is 1. The van der Waals surface area contributed by atoms with Crippen LogP contribution in [0.2, 0.25) is 0 Å². The lowest BCUT2D eigenvalue weighted by Crippen LogP contribution is -2.12. The Kier molecular flexibility index (Phi) is 5.06. The molecule has 0 aliphatic heterocycles. The monoisotopic (exact) mass is 397 g/mol. The number of amides is 1. The van der Waals surface area contributed by atoms with Crippen molar-refractivity contribution in [1.29, 1.82) is 0 Å². The summed E-state index contributed by atoms with van der Waals surface area (Å²) in [6.07, 6.45) is 0. The van der Waals surface area contributed by atoms with E-state index in [4.69, 9.17) is 9.47 Å². The zero-order valence-corrected chi connectivity index (χ0v) is 14.2. The van der Waals surface area contributed by atoms with Crippen molar-refractivity contribution >= 4 is 34.2 Å². The first-order valence-electron chi connectivity index (χ1n) is 6.34. The maximum atomic E-state index is 12.3. The van der Waals surface area contributed by atoms with E-state index in [-0.39, 0.29) is 5.91 Å². The Bertz CT molecular complexity index is 671. The first-order chi connectivity index (χ1) is 10.0.